The van der Waals surface area contributed by atoms with Gasteiger partial charge in [-0.1, -0.05) is 12.1 Å². The van der Waals surface area contributed by atoms with Crippen LogP contribution in [-0.2, 0) is 19.0 Å². The van der Waals surface area contributed by atoms with Gasteiger partial charge >= 0.3 is 0 Å². The molecule has 0 bridgehead atoms. The summed E-state index contributed by atoms with van der Waals surface area (Å²) in [6.07, 6.45) is 9.77. The summed E-state index contributed by atoms with van der Waals surface area (Å²) in [5, 5.41) is 0. The number of hydrogen-bond donors (Lipinski definition) is 0. The number of pyridine rings is 1. The minimum atomic E-state index is -0.856. The molecule has 0 radical (unpaired) electrons. The van der Waals surface area contributed by atoms with Crippen LogP contribution < -0.4 is 0 Å². The summed E-state index contributed by atoms with van der Waals surface area (Å²) in [4.78, 5) is 16.6. The lowest BCUT2D eigenvalue weighted by molar-refractivity contribution is -0.113. The van der Waals surface area contributed by atoms with Gasteiger partial charge in [-0.3, -0.25) is 9.78 Å². The highest BCUT2D eigenvalue weighted by Gasteiger charge is 2.43. The van der Waals surface area contributed by atoms with Crippen LogP contribution in [0.1, 0.15) is 12.5 Å². The van der Waals surface area contributed by atoms with Gasteiger partial charge in [0.2, 0.25) is 0 Å². The molecule has 0 N–H and O–H groups in total. The third-order valence-electron chi connectivity index (χ3n) is 3.94. The first kappa shape index (κ1) is 17.1. The van der Waals surface area contributed by atoms with Crippen LogP contribution in [0.5, 0.6) is 0 Å². The van der Waals surface area contributed by atoms with Crippen molar-refractivity contribution in [2.24, 2.45) is 0 Å². The van der Waals surface area contributed by atoms with E-state index in [1.165, 1.54) is 13.2 Å². The first-order chi connectivity index (χ1) is 11.1. The smallest absolute Gasteiger partial charge is 0.189 e. The third-order valence-corrected chi connectivity index (χ3v) is 3.94. The van der Waals surface area contributed by atoms with Crippen LogP contribution in [0.25, 0.3) is 6.08 Å². The molecule has 122 valence electrons. The van der Waals surface area contributed by atoms with Gasteiger partial charge in [-0.2, -0.15) is 0 Å². The van der Waals surface area contributed by atoms with Crippen LogP contribution in [-0.4, -0.2) is 43.8 Å². The van der Waals surface area contributed by atoms with Crippen LogP contribution in [0.15, 0.2) is 54.1 Å². The highest BCUT2D eigenvalue weighted by Crippen LogP contribution is 2.35. The topological polar surface area (TPSA) is 57.7 Å². The molecule has 0 amide bonds. The van der Waals surface area contributed by atoms with E-state index in [1.54, 1.807) is 44.8 Å². The molecular weight excluding hydrogens is 294 g/mol. The van der Waals surface area contributed by atoms with E-state index >= 15 is 0 Å². The fourth-order valence-electron chi connectivity index (χ4n) is 2.59. The molecule has 1 heterocycles. The zero-order valence-electron chi connectivity index (χ0n) is 13.8. The van der Waals surface area contributed by atoms with E-state index in [-0.39, 0.29) is 11.9 Å². The van der Waals surface area contributed by atoms with Gasteiger partial charge in [-0.15, -0.1) is 0 Å². The average Bonchev–Trinajstić information content (AvgIpc) is 2.60. The molecule has 1 aliphatic rings. The van der Waals surface area contributed by atoms with Crippen molar-refractivity contribution in [1.29, 1.82) is 0 Å². The highest BCUT2D eigenvalue weighted by atomic mass is 16.6. The Bertz CT molecular complexity index is 648. The summed E-state index contributed by atoms with van der Waals surface area (Å²) < 4.78 is 16.5. The van der Waals surface area contributed by atoms with Crippen LogP contribution in [0.3, 0.4) is 0 Å². The summed E-state index contributed by atoms with van der Waals surface area (Å²) in [6.45, 7) is 1.83. The Kier molecular flexibility index (Phi) is 5.47. The van der Waals surface area contributed by atoms with Crippen molar-refractivity contribution in [2.75, 3.05) is 21.3 Å². The van der Waals surface area contributed by atoms with Gasteiger partial charge in [0.05, 0.1) is 12.7 Å². The minimum Gasteiger partial charge on any atom is -0.497 e. The highest BCUT2D eigenvalue weighted by molar-refractivity contribution is 6.09. The number of ketones is 1. The number of hydrogen-bond acceptors (Lipinski definition) is 5. The van der Waals surface area contributed by atoms with Crippen molar-refractivity contribution in [3.8, 4) is 0 Å². The molecule has 5 heteroatoms. The lowest BCUT2D eigenvalue weighted by Crippen LogP contribution is -2.46. The maximum Gasteiger partial charge on any atom is 0.189 e. The van der Waals surface area contributed by atoms with Gasteiger partial charge < -0.3 is 14.2 Å². The van der Waals surface area contributed by atoms with Gasteiger partial charge in [0.15, 0.2) is 11.4 Å². The Hall–Kier alpha value is -2.24. The van der Waals surface area contributed by atoms with Crippen molar-refractivity contribution in [3.05, 3.63) is 59.7 Å². The monoisotopic (exact) mass is 315 g/mol. The number of carbonyl (C=O) groups is 1. The molecule has 0 aromatic carbocycles. The van der Waals surface area contributed by atoms with Crippen molar-refractivity contribution >= 4 is 11.9 Å². The fraction of sp³-hybridized carbons (Fsp3) is 0.333. The lowest BCUT2D eigenvalue weighted by Gasteiger charge is -2.38. The van der Waals surface area contributed by atoms with E-state index < -0.39 is 5.60 Å². The van der Waals surface area contributed by atoms with Gasteiger partial charge in [0.1, 0.15) is 11.9 Å². The molecule has 1 unspecified atom stereocenters. The second kappa shape index (κ2) is 7.35. The van der Waals surface area contributed by atoms with E-state index in [1.807, 2.05) is 19.1 Å². The summed E-state index contributed by atoms with van der Waals surface area (Å²) in [5.74, 6) is 0.287. The van der Waals surface area contributed by atoms with E-state index in [9.17, 15) is 4.79 Å². The maximum absolute atomic E-state index is 12.5. The number of allylic oxidation sites excluding steroid dienone is 3. The van der Waals surface area contributed by atoms with Crippen molar-refractivity contribution in [1.82, 2.24) is 4.98 Å². The second-order valence-corrected chi connectivity index (χ2v) is 5.26. The van der Waals surface area contributed by atoms with E-state index in [4.69, 9.17) is 14.2 Å². The van der Waals surface area contributed by atoms with Crippen molar-refractivity contribution in [2.45, 2.75) is 18.6 Å². The first-order valence-electron chi connectivity index (χ1n) is 7.24. The number of aromatic nitrogens is 1. The molecular formula is C18H21NO4. The molecule has 2 atom stereocenters. The Morgan fingerprint density at radius 1 is 1.35 bits per heavy atom. The minimum absolute atomic E-state index is 0.167. The zero-order chi connectivity index (χ0) is 16.9. The standard InChI is InChI=1S/C18H21NO4/c1-18(23-4)16(21-2)10-8-14(17(18)22-3)15(20)9-7-13-6-5-11-19-12-13/h5-12,16H,1-4H3/b9-7+/t16-,18?/m0/s1. The largest absolute Gasteiger partial charge is 0.497 e. The normalized spacial score (nSPS) is 24.3. The summed E-state index contributed by atoms with van der Waals surface area (Å²) >= 11 is 0. The fourth-order valence-corrected chi connectivity index (χ4v) is 2.59. The van der Waals surface area contributed by atoms with Crippen LogP contribution in [0.2, 0.25) is 0 Å². The number of rotatable bonds is 6. The van der Waals surface area contributed by atoms with Crippen LogP contribution in [0, 0.1) is 0 Å². The number of methoxy groups -OCH3 is 3. The summed E-state index contributed by atoms with van der Waals surface area (Å²) in [7, 11) is 4.68. The van der Waals surface area contributed by atoms with Crippen molar-refractivity contribution in [3.63, 3.8) is 0 Å². The van der Waals surface area contributed by atoms with E-state index in [0.717, 1.165) is 5.56 Å². The maximum atomic E-state index is 12.5. The quantitative estimate of drug-likeness (QED) is 0.755. The molecule has 1 aliphatic carbocycles. The molecule has 0 spiro atoms. The van der Waals surface area contributed by atoms with Gasteiger partial charge in [-0.25, -0.2) is 0 Å². The molecule has 0 aliphatic heterocycles. The Morgan fingerprint density at radius 2 is 2.13 bits per heavy atom. The second-order valence-electron chi connectivity index (χ2n) is 5.26. The number of ether oxygens (including phenoxy) is 3. The van der Waals surface area contributed by atoms with E-state index in [0.29, 0.717) is 11.3 Å². The number of nitrogens with zero attached hydrogens (tertiary/aromatic N) is 1. The van der Waals surface area contributed by atoms with Gasteiger partial charge in [0, 0.05) is 26.6 Å². The molecule has 23 heavy (non-hydrogen) atoms. The first-order valence-corrected chi connectivity index (χ1v) is 7.24. The molecule has 0 saturated heterocycles. The van der Waals surface area contributed by atoms with Gasteiger partial charge in [-0.05, 0) is 36.8 Å². The molecule has 0 fully saturated rings. The molecule has 1 aromatic rings. The lowest BCUT2D eigenvalue weighted by atomic mass is 9.86. The molecule has 1 aromatic heterocycles. The third kappa shape index (κ3) is 3.41. The van der Waals surface area contributed by atoms with Crippen LogP contribution in [0.4, 0.5) is 0 Å². The number of carbonyl (C=O) groups excluding carboxylic acids is 1. The molecule has 5 nitrogen and oxygen atoms in total. The average molecular weight is 315 g/mol. The summed E-state index contributed by atoms with van der Waals surface area (Å²) in [5.41, 5.74) is 0.445. The zero-order valence-corrected chi connectivity index (χ0v) is 13.8. The van der Waals surface area contributed by atoms with Crippen LogP contribution >= 0.6 is 0 Å². The predicted molar refractivity (Wildman–Crippen MR) is 87.7 cm³/mol. The Labute approximate surface area is 136 Å². The Morgan fingerprint density at radius 3 is 2.70 bits per heavy atom. The summed E-state index contributed by atoms with van der Waals surface area (Å²) in [6, 6.07) is 3.69. The van der Waals surface area contributed by atoms with Gasteiger partial charge in [0.25, 0.3) is 0 Å². The van der Waals surface area contributed by atoms with Crippen molar-refractivity contribution < 1.29 is 19.0 Å². The molecule has 2 rings (SSSR count). The SMILES string of the molecule is COC1=C(C(=O)/C=C/c2cccnc2)C=C[C@H](OC)C1(C)OC. The molecule has 0 saturated carbocycles. The predicted octanol–water partition coefficient (Wildman–Crippen LogP) is 2.55. The van der Waals surface area contributed by atoms with E-state index in [2.05, 4.69) is 4.98 Å². The Balaban J connectivity index is 2.34.